The minimum absolute atomic E-state index is 0.0435. The zero-order valence-electron chi connectivity index (χ0n) is 16.7. The highest BCUT2D eigenvalue weighted by molar-refractivity contribution is 7.92. The zero-order valence-corrected chi connectivity index (χ0v) is 18.3. The summed E-state index contributed by atoms with van der Waals surface area (Å²) in [4.78, 5) is 5.78. The molecule has 2 fully saturated rings. The summed E-state index contributed by atoms with van der Waals surface area (Å²) >= 11 is 6.09. The lowest BCUT2D eigenvalue weighted by Crippen LogP contribution is -2.62. The highest BCUT2D eigenvalue weighted by Crippen LogP contribution is 2.43. The fourth-order valence-corrected chi connectivity index (χ4v) is 5.36. The van der Waals surface area contributed by atoms with Crippen molar-refractivity contribution in [2.75, 3.05) is 43.4 Å². The number of rotatable bonds is 5. The van der Waals surface area contributed by atoms with Gasteiger partial charge in [-0.3, -0.25) is 4.72 Å². The van der Waals surface area contributed by atoms with Crippen molar-refractivity contribution >= 4 is 33.1 Å². The molecule has 1 N–H and O–H groups in total. The molecule has 1 aromatic heterocycles. The summed E-state index contributed by atoms with van der Waals surface area (Å²) in [6.07, 6.45) is 0.774. The smallest absolute Gasteiger partial charge is 0.268 e. The summed E-state index contributed by atoms with van der Waals surface area (Å²) < 4.78 is 75.7. The lowest BCUT2D eigenvalue weighted by Gasteiger charge is -2.49. The van der Waals surface area contributed by atoms with Gasteiger partial charge in [0.15, 0.2) is 10.7 Å². The maximum atomic E-state index is 14.9. The van der Waals surface area contributed by atoms with Gasteiger partial charge in [0.1, 0.15) is 22.3 Å². The van der Waals surface area contributed by atoms with Crippen LogP contribution in [0, 0.1) is 17.6 Å². The van der Waals surface area contributed by atoms with E-state index in [-0.39, 0.29) is 11.7 Å². The fourth-order valence-electron chi connectivity index (χ4n) is 3.89. The largest absolute Gasteiger partial charge is 0.370 e. The Hall–Kier alpha value is -2.08. The second-order valence-electron chi connectivity index (χ2n) is 7.96. The van der Waals surface area contributed by atoms with Gasteiger partial charge in [0, 0.05) is 25.2 Å². The van der Waals surface area contributed by atoms with Crippen LogP contribution in [-0.2, 0) is 14.8 Å². The van der Waals surface area contributed by atoms with Crippen molar-refractivity contribution in [2.45, 2.75) is 23.0 Å². The number of aromatic nitrogens is 1. The van der Waals surface area contributed by atoms with Gasteiger partial charge in [-0.05, 0) is 32.6 Å². The first-order chi connectivity index (χ1) is 14.5. The minimum Gasteiger partial charge on any atom is -0.370 e. The Kier molecular flexibility index (Phi) is 5.57. The maximum absolute atomic E-state index is 14.9. The Bertz CT molecular complexity index is 1130. The third-order valence-electron chi connectivity index (χ3n) is 5.54. The summed E-state index contributed by atoms with van der Waals surface area (Å²) in [6.45, 7) is 1.33. The topological polar surface area (TPSA) is 74.8 Å². The van der Waals surface area contributed by atoms with E-state index >= 15 is 0 Å². The van der Waals surface area contributed by atoms with Gasteiger partial charge < -0.3 is 14.5 Å². The summed E-state index contributed by atoms with van der Waals surface area (Å²) in [6, 6.07) is 4.48. The van der Waals surface area contributed by atoms with Crippen molar-refractivity contribution in [3.05, 3.63) is 46.9 Å². The van der Waals surface area contributed by atoms with Crippen molar-refractivity contribution in [2.24, 2.45) is 0 Å². The lowest BCUT2D eigenvalue weighted by atomic mass is 9.88. The molecule has 12 heteroatoms. The van der Waals surface area contributed by atoms with Gasteiger partial charge in [-0.15, -0.1) is 0 Å². The van der Waals surface area contributed by atoms with Crippen LogP contribution in [0.5, 0.6) is 0 Å². The van der Waals surface area contributed by atoms with E-state index in [2.05, 4.69) is 9.88 Å². The van der Waals surface area contributed by atoms with E-state index in [0.29, 0.717) is 19.7 Å². The highest BCUT2D eigenvalue weighted by Gasteiger charge is 2.51. The van der Waals surface area contributed by atoms with Crippen molar-refractivity contribution in [1.82, 2.24) is 9.88 Å². The number of hydrogen-bond acceptors (Lipinski definition) is 6. The predicted octanol–water partition coefficient (Wildman–Crippen LogP) is 2.86. The number of pyridine rings is 1. The molecule has 2 saturated heterocycles. The Morgan fingerprint density at radius 2 is 2.00 bits per heavy atom. The summed E-state index contributed by atoms with van der Waals surface area (Å²) in [7, 11) is -0.834. The van der Waals surface area contributed by atoms with Crippen LogP contribution in [0.3, 0.4) is 0 Å². The second kappa shape index (κ2) is 7.80. The molecule has 0 aliphatic carbocycles. The average Bonchev–Trinajstić information content (AvgIpc) is 3.09. The van der Waals surface area contributed by atoms with Crippen LogP contribution < -0.4 is 9.62 Å². The van der Waals surface area contributed by atoms with Crippen LogP contribution >= 0.6 is 11.6 Å². The minimum atomic E-state index is -4.75. The number of likely N-dealkylation sites (N-methyl/N-ethyl adjacent to an activating group) is 1. The molecule has 2 aliphatic rings. The molecule has 0 radical (unpaired) electrons. The van der Waals surface area contributed by atoms with Crippen molar-refractivity contribution in [3.8, 4) is 0 Å². The van der Waals surface area contributed by atoms with Crippen LogP contribution in [0.4, 0.5) is 24.7 Å². The molecule has 1 spiro atoms. The van der Waals surface area contributed by atoms with Crippen LogP contribution in [0.1, 0.15) is 6.42 Å². The molecule has 0 amide bonds. The molecular formula is C19H20ClF3N4O3S. The van der Waals surface area contributed by atoms with Crippen LogP contribution in [-0.4, -0.2) is 63.7 Å². The Labute approximate surface area is 182 Å². The average molecular weight is 477 g/mol. The van der Waals surface area contributed by atoms with Gasteiger partial charge in [0.25, 0.3) is 10.0 Å². The van der Waals surface area contributed by atoms with E-state index < -0.39 is 48.9 Å². The molecule has 2 aliphatic heterocycles. The highest BCUT2D eigenvalue weighted by atomic mass is 35.5. The van der Waals surface area contributed by atoms with Crippen molar-refractivity contribution < 1.29 is 26.3 Å². The summed E-state index contributed by atoms with van der Waals surface area (Å²) in [5.74, 6) is -4.12. The number of halogens is 4. The Balaban J connectivity index is 1.58. The number of benzene rings is 1. The number of hydrogen-bond donors (Lipinski definition) is 1. The zero-order chi connectivity index (χ0) is 22.6. The standard InChI is InChI=1S/C19H20ClF3N4O3S/c1-26(2)11-7-19(30-8-11)9-27(10-19)13-6-12(21)18(17(23)16(13)20)31(28,29)25-15-5-3-4-14(22)24-15/h3-6,11H,7-10H2,1-2H3,(H,24,25)/t11-/m0/s1. The quantitative estimate of drug-likeness (QED) is 0.528. The summed E-state index contributed by atoms with van der Waals surface area (Å²) in [5, 5.41) is -0.522. The van der Waals surface area contributed by atoms with E-state index in [4.69, 9.17) is 16.3 Å². The first-order valence-corrected chi connectivity index (χ1v) is 11.3. The SMILES string of the molecule is CN(C)[C@@H]1COC2(C1)CN(c1cc(F)c(S(=O)(=O)Nc3cccc(F)n3)c(F)c1Cl)C2. The number of nitrogens with one attached hydrogen (secondary N) is 1. The Morgan fingerprint density at radius 3 is 2.61 bits per heavy atom. The third-order valence-corrected chi connectivity index (χ3v) is 7.29. The Morgan fingerprint density at radius 1 is 1.29 bits per heavy atom. The van der Waals surface area contributed by atoms with E-state index in [0.717, 1.165) is 24.6 Å². The van der Waals surface area contributed by atoms with E-state index in [9.17, 15) is 21.6 Å². The van der Waals surface area contributed by atoms with Gasteiger partial charge >= 0.3 is 0 Å². The van der Waals surface area contributed by atoms with Gasteiger partial charge in [-0.1, -0.05) is 17.7 Å². The second-order valence-corrected chi connectivity index (χ2v) is 9.95. The predicted molar refractivity (Wildman–Crippen MR) is 109 cm³/mol. The van der Waals surface area contributed by atoms with Crippen LogP contribution in [0.25, 0.3) is 0 Å². The van der Waals surface area contributed by atoms with E-state index in [1.54, 1.807) is 4.90 Å². The molecule has 7 nitrogen and oxygen atoms in total. The van der Waals surface area contributed by atoms with Crippen molar-refractivity contribution in [3.63, 3.8) is 0 Å². The molecule has 0 unspecified atom stereocenters. The maximum Gasteiger partial charge on any atom is 0.268 e. The third kappa shape index (κ3) is 4.07. The fraction of sp³-hybridized carbons (Fsp3) is 0.421. The van der Waals surface area contributed by atoms with E-state index in [1.165, 1.54) is 6.07 Å². The van der Waals surface area contributed by atoms with Gasteiger partial charge in [0.2, 0.25) is 5.95 Å². The molecule has 1 atom stereocenters. The lowest BCUT2D eigenvalue weighted by molar-refractivity contribution is -0.0189. The first-order valence-electron chi connectivity index (χ1n) is 9.39. The number of sulfonamides is 1. The molecule has 0 saturated carbocycles. The molecule has 4 rings (SSSR count). The number of ether oxygens (including phenoxy) is 1. The summed E-state index contributed by atoms with van der Waals surface area (Å²) in [5.41, 5.74) is -0.373. The van der Waals surface area contributed by atoms with Gasteiger partial charge in [-0.2, -0.15) is 4.39 Å². The van der Waals surface area contributed by atoms with Crippen LogP contribution in [0.15, 0.2) is 29.2 Å². The molecular weight excluding hydrogens is 457 g/mol. The monoisotopic (exact) mass is 476 g/mol. The molecule has 3 heterocycles. The molecule has 1 aromatic carbocycles. The first kappa shape index (κ1) is 22.1. The van der Waals surface area contributed by atoms with Gasteiger partial charge in [0.05, 0.1) is 12.3 Å². The molecule has 168 valence electrons. The van der Waals surface area contributed by atoms with Gasteiger partial charge in [-0.25, -0.2) is 22.2 Å². The number of nitrogens with zero attached hydrogens (tertiary/aromatic N) is 3. The molecule has 2 aromatic rings. The molecule has 0 bridgehead atoms. The van der Waals surface area contributed by atoms with Crippen molar-refractivity contribution in [1.29, 1.82) is 0 Å². The van der Waals surface area contributed by atoms with Crippen LogP contribution in [0.2, 0.25) is 5.02 Å². The van der Waals surface area contributed by atoms with E-state index in [1.807, 2.05) is 18.8 Å². The normalized spacial score (nSPS) is 20.4. The number of anilines is 2. The molecule has 31 heavy (non-hydrogen) atoms.